The molecule has 126 valence electrons. The number of fused-ring (bicyclic) bond motifs is 1. The largest absolute Gasteiger partial charge is 0.450 e. The lowest BCUT2D eigenvalue weighted by Gasteiger charge is -2.06. The van der Waals surface area contributed by atoms with Crippen molar-refractivity contribution >= 4 is 44.5 Å². The first-order valence-corrected chi connectivity index (χ1v) is 8.08. The molecule has 0 radical (unpaired) electrons. The van der Waals surface area contributed by atoms with Crippen LogP contribution in [0.5, 0.6) is 0 Å². The highest BCUT2D eigenvalue weighted by Gasteiger charge is 2.15. The molecular weight excluding hydrogens is 390 g/mol. The predicted octanol–water partition coefficient (Wildman–Crippen LogP) is 3.35. The first-order chi connectivity index (χ1) is 12.0. The summed E-state index contributed by atoms with van der Waals surface area (Å²) in [5.74, 6) is -1.63. The van der Waals surface area contributed by atoms with Gasteiger partial charge in [0, 0.05) is 16.2 Å². The van der Waals surface area contributed by atoms with E-state index in [1.165, 1.54) is 0 Å². The number of halogens is 1. The van der Waals surface area contributed by atoms with E-state index in [0.29, 0.717) is 11.1 Å². The molecule has 0 unspecified atom stereocenters. The quantitative estimate of drug-likeness (QED) is 0.677. The number of carbonyl (C=O) groups excluding carboxylic acids is 2. The number of hydrogen-bond acceptors (Lipinski definition) is 5. The minimum atomic E-state index is -0.881. The number of esters is 1. The molecule has 0 saturated heterocycles. The molecule has 25 heavy (non-hydrogen) atoms. The predicted molar refractivity (Wildman–Crippen MR) is 95.5 cm³/mol. The van der Waals surface area contributed by atoms with Gasteiger partial charge in [0.25, 0.3) is 5.91 Å². The Morgan fingerprint density at radius 3 is 2.56 bits per heavy atom. The van der Waals surface area contributed by atoms with Crippen molar-refractivity contribution in [1.82, 2.24) is 0 Å². The number of hydrogen-bond donors (Lipinski definition) is 1. The molecule has 3 rings (SSSR count). The molecule has 1 amide bonds. The van der Waals surface area contributed by atoms with Crippen LogP contribution in [0.1, 0.15) is 10.6 Å². The SMILES string of the molecule is O=C(COC(=O)c1cc(=O)c2ccccc2o1)Nc1ccc(Br)cc1. The van der Waals surface area contributed by atoms with Crippen LogP contribution in [-0.4, -0.2) is 18.5 Å². The molecule has 0 fully saturated rings. The van der Waals surface area contributed by atoms with E-state index in [1.54, 1.807) is 48.5 Å². The highest BCUT2D eigenvalue weighted by Crippen LogP contribution is 2.14. The number of anilines is 1. The van der Waals surface area contributed by atoms with Gasteiger partial charge in [0.15, 0.2) is 12.0 Å². The van der Waals surface area contributed by atoms with Crippen molar-refractivity contribution in [2.45, 2.75) is 0 Å². The lowest BCUT2D eigenvalue weighted by atomic mass is 10.2. The van der Waals surface area contributed by atoms with Gasteiger partial charge in [-0.1, -0.05) is 28.1 Å². The van der Waals surface area contributed by atoms with Crippen molar-refractivity contribution < 1.29 is 18.7 Å². The first-order valence-electron chi connectivity index (χ1n) is 7.28. The summed E-state index contributed by atoms with van der Waals surface area (Å²) in [6.45, 7) is -0.495. The Kier molecular flexibility index (Phi) is 4.95. The number of amides is 1. The third-order valence-corrected chi connectivity index (χ3v) is 3.83. The summed E-state index contributed by atoms with van der Waals surface area (Å²) in [5.41, 5.74) is 0.496. The average Bonchev–Trinajstić information content (AvgIpc) is 2.61. The van der Waals surface area contributed by atoms with E-state index in [-0.39, 0.29) is 16.8 Å². The second kappa shape index (κ2) is 7.31. The van der Waals surface area contributed by atoms with E-state index in [0.717, 1.165) is 10.5 Å². The van der Waals surface area contributed by atoms with Gasteiger partial charge in [-0.05, 0) is 36.4 Å². The standard InChI is InChI=1S/C18H12BrNO5/c19-11-5-7-12(8-6-11)20-17(22)10-24-18(23)16-9-14(21)13-3-1-2-4-15(13)25-16/h1-9H,10H2,(H,20,22). The van der Waals surface area contributed by atoms with Gasteiger partial charge in [-0.15, -0.1) is 0 Å². The van der Waals surface area contributed by atoms with E-state index in [2.05, 4.69) is 21.2 Å². The minimum absolute atomic E-state index is 0.250. The molecule has 0 aliphatic carbocycles. The zero-order valence-corrected chi connectivity index (χ0v) is 14.4. The van der Waals surface area contributed by atoms with Crippen LogP contribution in [0.3, 0.4) is 0 Å². The van der Waals surface area contributed by atoms with E-state index in [9.17, 15) is 14.4 Å². The molecule has 2 aromatic carbocycles. The van der Waals surface area contributed by atoms with Gasteiger partial charge in [0.05, 0.1) is 5.39 Å². The van der Waals surface area contributed by atoms with Gasteiger partial charge in [0.2, 0.25) is 5.76 Å². The fourth-order valence-corrected chi connectivity index (χ4v) is 2.40. The number of benzene rings is 2. The Labute approximate surface area is 150 Å². The topological polar surface area (TPSA) is 85.6 Å². The Morgan fingerprint density at radius 1 is 1.08 bits per heavy atom. The van der Waals surface area contributed by atoms with Gasteiger partial charge in [-0.2, -0.15) is 0 Å². The molecule has 1 N–H and O–H groups in total. The normalized spacial score (nSPS) is 10.4. The summed E-state index contributed by atoms with van der Waals surface area (Å²) in [6, 6.07) is 14.6. The monoisotopic (exact) mass is 401 g/mol. The molecule has 6 nitrogen and oxygen atoms in total. The molecule has 0 bridgehead atoms. The van der Waals surface area contributed by atoms with E-state index >= 15 is 0 Å². The maximum Gasteiger partial charge on any atom is 0.374 e. The van der Waals surface area contributed by atoms with Crippen LogP contribution in [0.4, 0.5) is 5.69 Å². The van der Waals surface area contributed by atoms with Crippen molar-refractivity contribution in [3.63, 3.8) is 0 Å². The second-order valence-electron chi connectivity index (χ2n) is 5.10. The van der Waals surface area contributed by atoms with Crippen LogP contribution in [0.2, 0.25) is 0 Å². The van der Waals surface area contributed by atoms with Gasteiger partial charge < -0.3 is 14.5 Å². The maximum absolute atomic E-state index is 12.0. The first kappa shape index (κ1) is 16.9. The van der Waals surface area contributed by atoms with Gasteiger partial charge >= 0.3 is 5.97 Å². The summed E-state index contributed by atoms with van der Waals surface area (Å²) in [5, 5.41) is 2.96. The van der Waals surface area contributed by atoms with Crippen LogP contribution in [-0.2, 0) is 9.53 Å². The van der Waals surface area contributed by atoms with Crippen LogP contribution < -0.4 is 10.7 Å². The molecule has 0 aliphatic rings. The molecule has 1 heterocycles. The average molecular weight is 402 g/mol. The van der Waals surface area contributed by atoms with Crippen molar-refractivity contribution in [1.29, 1.82) is 0 Å². The lowest BCUT2D eigenvalue weighted by Crippen LogP contribution is -2.21. The maximum atomic E-state index is 12.0. The van der Waals surface area contributed by atoms with Crippen molar-refractivity contribution in [3.05, 3.63) is 75.1 Å². The highest BCUT2D eigenvalue weighted by molar-refractivity contribution is 9.10. The van der Waals surface area contributed by atoms with Crippen molar-refractivity contribution in [2.75, 3.05) is 11.9 Å². The van der Waals surface area contributed by atoms with Gasteiger partial charge in [-0.3, -0.25) is 9.59 Å². The Morgan fingerprint density at radius 2 is 1.80 bits per heavy atom. The van der Waals surface area contributed by atoms with Gasteiger partial charge in [-0.25, -0.2) is 4.79 Å². The molecule has 7 heteroatoms. The Bertz CT molecular complexity index is 994. The second-order valence-corrected chi connectivity index (χ2v) is 6.02. The van der Waals surface area contributed by atoms with Crippen LogP contribution in [0, 0.1) is 0 Å². The fourth-order valence-electron chi connectivity index (χ4n) is 2.14. The number of para-hydroxylation sites is 1. The minimum Gasteiger partial charge on any atom is -0.450 e. The summed E-state index contributed by atoms with van der Waals surface area (Å²) in [7, 11) is 0. The van der Waals surface area contributed by atoms with Crippen LogP contribution in [0.15, 0.2) is 68.3 Å². The zero-order chi connectivity index (χ0) is 17.8. The lowest BCUT2D eigenvalue weighted by molar-refractivity contribution is -0.119. The highest BCUT2D eigenvalue weighted by atomic mass is 79.9. The molecule has 0 atom stereocenters. The molecule has 0 saturated carbocycles. The third kappa shape index (κ3) is 4.13. The van der Waals surface area contributed by atoms with Crippen LogP contribution in [0.25, 0.3) is 11.0 Å². The van der Waals surface area contributed by atoms with Crippen molar-refractivity contribution in [3.8, 4) is 0 Å². The Balaban J connectivity index is 1.65. The molecule has 3 aromatic rings. The number of carbonyl (C=O) groups is 2. The van der Waals surface area contributed by atoms with Gasteiger partial charge in [0.1, 0.15) is 5.58 Å². The smallest absolute Gasteiger partial charge is 0.374 e. The number of ether oxygens (including phenoxy) is 1. The molecule has 0 aliphatic heterocycles. The summed E-state index contributed by atoms with van der Waals surface area (Å²) >= 11 is 3.29. The molecule has 1 aromatic heterocycles. The fraction of sp³-hybridized carbons (Fsp3) is 0.0556. The zero-order valence-electron chi connectivity index (χ0n) is 12.8. The number of rotatable bonds is 4. The van der Waals surface area contributed by atoms with E-state index in [1.807, 2.05) is 0 Å². The summed E-state index contributed by atoms with van der Waals surface area (Å²) in [6.07, 6.45) is 0. The Hall–Kier alpha value is -2.93. The molecule has 0 spiro atoms. The van der Waals surface area contributed by atoms with Crippen LogP contribution >= 0.6 is 15.9 Å². The summed E-state index contributed by atoms with van der Waals surface area (Å²) < 4.78 is 11.1. The molecular formula is C18H12BrNO5. The number of nitrogens with one attached hydrogen (secondary N) is 1. The van der Waals surface area contributed by atoms with E-state index < -0.39 is 18.5 Å². The summed E-state index contributed by atoms with van der Waals surface area (Å²) in [4.78, 5) is 35.8. The van der Waals surface area contributed by atoms with Crippen molar-refractivity contribution in [2.24, 2.45) is 0 Å². The van der Waals surface area contributed by atoms with E-state index in [4.69, 9.17) is 9.15 Å². The third-order valence-electron chi connectivity index (χ3n) is 3.30.